The Balaban J connectivity index is 2.06. The average molecular weight is 229 g/mol. The number of rotatable bonds is 7. The minimum atomic E-state index is -0.689. The summed E-state index contributed by atoms with van der Waals surface area (Å²) in [7, 11) is 2.13. The van der Waals surface area contributed by atoms with Gasteiger partial charge in [0.15, 0.2) is 0 Å². The first-order valence-corrected chi connectivity index (χ1v) is 6.15. The predicted molar refractivity (Wildman–Crippen MR) is 62.6 cm³/mol. The van der Waals surface area contributed by atoms with E-state index in [-0.39, 0.29) is 0 Å². The first kappa shape index (κ1) is 13.5. The lowest BCUT2D eigenvalue weighted by atomic mass is 10.1. The van der Waals surface area contributed by atoms with Crippen LogP contribution < -0.4 is 0 Å². The second-order valence-corrected chi connectivity index (χ2v) is 4.62. The predicted octanol–water partition coefficient (Wildman–Crippen LogP) is 1.74. The third kappa shape index (κ3) is 4.49. The van der Waals surface area contributed by atoms with E-state index >= 15 is 0 Å². The van der Waals surface area contributed by atoms with Crippen LogP contribution in [-0.4, -0.2) is 48.3 Å². The molecule has 0 aromatic heterocycles. The summed E-state index contributed by atoms with van der Waals surface area (Å²) in [6.07, 6.45) is 4.62. The molecule has 1 N–H and O–H groups in total. The SMILES string of the molecule is CC1OCCC1N(C)CCCCCC(=O)O. The van der Waals surface area contributed by atoms with Crippen molar-refractivity contribution in [3.8, 4) is 0 Å². The fraction of sp³-hybridized carbons (Fsp3) is 0.917. The van der Waals surface area contributed by atoms with Gasteiger partial charge in [-0.1, -0.05) is 6.42 Å². The first-order valence-electron chi connectivity index (χ1n) is 6.15. The number of likely N-dealkylation sites (N-methyl/N-ethyl adjacent to an activating group) is 1. The number of hydrogen-bond acceptors (Lipinski definition) is 3. The molecular formula is C12H23NO3. The standard InChI is InChI=1S/C12H23NO3/c1-10-11(7-9-16-10)13(2)8-5-3-4-6-12(14)15/h10-11H,3-9H2,1-2H3,(H,14,15). The molecule has 2 atom stereocenters. The average Bonchev–Trinajstić information content (AvgIpc) is 2.63. The van der Waals surface area contributed by atoms with E-state index in [2.05, 4.69) is 18.9 Å². The van der Waals surface area contributed by atoms with E-state index in [1.807, 2.05) is 0 Å². The zero-order valence-electron chi connectivity index (χ0n) is 10.3. The zero-order chi connectivity index (χ0) is 12.0. The Morgan fingerprint density at radius 3 is 2.75 bits per heavy atom. The van der Waals surface area contributed by atoms with E-state index in [1.54, 1.807) is 0 Å². The molecule has 1 aliphatic rings. The lowest BCUT2D eigenvalue weighted by Gasteiger charge is -2.26. The molecule has 4 nitrogen and oxygen atoms in total. The third-order valence-corrected chi connectivity index (χ3v) is 3.30. The van der Waals surface area contributed by atoms with Gasteiger partial charge in [0.1, 0.15) is 0 Å². The molecule has 0 amide bonds. The number of nitrogens with zero attached hydrogens (tertiary/aromatic N) is 1. The molecule has 1 saturated heterocycles. The molecule has 0 radical (unpaired) electrons. The fourth-order valence-corrected chi connectivity index (χ4v) is 2.28. The van der Waals surface area contributed by atoms with Crippen molar-refractivity contribution >= 4 is 5.97 Å². The number of carbonyl (C=O) groups is 1. The number of aliphatic carboxylic acids is 1. The molecular weight excluding hydrogens is 206 g/mol. The van der Waals surface area contributed by atoms with Crippen molar-refractivity contribution in [3.63, 3.8) is 0 Å². The molecule has 0 aromatic rings. The topological polar surface area (TPSA) is 49.8 Å². The molecule has 2 unspecified atom stereocenters. The van der Waals surface area contributed by atoms with Crippen LogP contribution in [-0.2, 0) is 9.53 Å². The van der Waals surface area contributed by atoms with E-state index < -0.39 is 5.97 Å². The Morgan fingerprint density at radius 2 is 2.19 bits per heavy atom. The lowest BCUT2D eigenvalue weighted by Crippen LogP contribution is -2.37. The van der Waals surface area contributed by atoms with E-state index in [0.717, 1.165) is 38.8 Å². The minimum Gasteiger partial charge on any atom is -0.481 e. The maximum absolute atomic E-state index is 10.3. The highest BCUT2D eigenvalue weighted by Crippen LogP contribution is 2.18. The van der Waals surface area contributed by atoms with Crippen LogP contribution in [0.15, 0.2) is 0 Å². The zero-order valence-corrected chi connectivity index (χ0v) is 10.3. The summed E-state index contributed by atoms with van der Waals surface area (Å²) in [5.41, 5.74) is 0. The van der Waals surface area contributed by atoms with Crippen LogP contribution in [0.4, 0.5) is 0 Å². The van der Waals surface area contributed by atoms with Crippen molar-refractivity contribution in [3.05, 3.63) is 0 Å². The van der Waals surface area contributed by atoms with Gasteiger partial charge >= 0.3 is 5.97 Å². The monoisotopic (exact) mass is 229 g/mol. The van der Waals surface area contributed by atoms with Gasteiger partial charge in [-0.2, -0.15) is 0 Å². The van der Waals surface area contributed by atoms with E-state index in [0.29, 0.717) is 18.6 Å². The van der Waals surface area contributed by atoms with Gasteiger partial charge in [0, 0.05) is 19.1 Å². The quantitative estimate of drug-likeness (QED) is 0.676. The Hall–Kier alpha value is -0.610. The molecule has 1 heterocycles. The summed E-state index contributed by atoms with van der Waals surface area (Å²) in [6.45, 7) is 4.03. The van der Waals surface area contributed by atoms with E-state index in [9.17, 15) is 4.79 Å². The maximum Gasteiger partial charge on any atom is 0.303 e. The van der Waals surface area contributed by atoms with Crippen molar-refractivity contribution in [1.82, 2.24) is 4.90 Å². The molecule has 0 spiro atoms. The van der Waals surface area contributed by atoms with Crippen LogP contribution in [0.25, 0.3) is 0 Å². The van der Waals surface area contributed by atoms with E-state index in [4.69, 9.17) is 9.84 Å². The van der Waals surface area contributed by atoms with Crippen LogP contribution in [0.2, 0.25) is 0 Å². The number of hydrogen-bond donors (Lipinski definition) is 1. The summed E-state index contributed by atoms with van der Waals surface area (Å²) >= 11 is 0. The van der Waals surface area contributed by atoms with Crippen molar-refractivity contribution in [2.45, 2.75) is 51.2 Å². The van der Waals surface area contributed by atoms with Crippen LogP contribution in [0, 0.1) is 0 Å². The summed E-state index contributed by atoms with van der Waals surface area (Å²) in [4.78, 5) is 12.7. The minimum absolute atomic E-state index is 0.298. The highest BCUT2D eigenvalue weighted by Gasteiger charge is 2.27. The van der Waals surface area contributed by atoms with E-state index in [1.165, 1.54) is 0 Å². The largest absolute Gasteiger partial charge is 0.481 e. The summed E-state index contributed by atoms with van der Waals surface area (Å²) < 4.78 is 5.53. The van der Waals surface area contributed by atoms with Gasteiger partial charge in [0.05, 0.1) is 6.10 Å². The molecule has 0 saturated carbocycles. The van der Waals surface area contributed by atoms with Gasteiger partial charge < -0.3 is 14.7 Å². The van der Waals surface area contributed by atoms with Gasteiger partial charge in [0.25, 0.3) is 0 Å². The smallest absolute Gasteiger partial charge is 0.303 e. The number of carboxylic acids is 1. The summed E-state index contributed by atoms with van der Waals surface area (Å²) in [5.74, 6) is -0.689. The van der Waals surface area contributed by atoms with Crippen LogP contribution in [0.3, 0.4) is 0 Å². The number of ether oxygens (including phenoxy) is 1. The summed E-state index contributed by atoms with van der Waals surface area (Å²) in [6, 6.07) is 0.541. The fourth-order valence-electron chi connectivity index (χ4n) is 2.28. The van der Waals surface area contributed by atoms with Gasteiger partial charge in [-0.25, -0.2) is 0 Å². The molecule has 1 rings (SSSR count). The van der Waals surface area contributed by atoms with Crippen molar-refractivity contribution in [2.24, 2.45) is 0 Å². The maximum atomic E-state index is 10.3. The van der Waals surface area contributed by atoms with Gasteiger partial charge in [0.2, 0.25) is 0 Å². The highest BCUT2D eigenvalue weighted by atomic mass is 16.5. The molecule has 16 heavy (non-hydrogen) atoms. The Bertz CT molecular complexity index is 220. The lowest BCUT2D eigenvalue weighted by molar-refractivity contribution is -0.137. The molecule has 4 heteroatoms. The second-order valence-electron chi connectivity index (χ2n) is 4.62. The van der Waals surface area contributed by atoms with Crippen LogP contribution >= 0.6 is 0 Å². The highest BCUT2D eigenvalue weighted by molar-refractivity contribution is 5.66. The molecule has 1 fully saturated rings. The second kappa shape index (κ2) is 6.86. The van der Waals surface area contributed by atoms with Crippen LogP contribution in [0.5, 0.6) is 0 Å². The molecule has 0 aliphatic carbocycles. The first-order chi connectivity index (χ1) is 7.61. The summed E-state index contributed by atoms with van der Waals surface area (Å²) in [5, 5.41) is 8.50. The Labute approximate surface area is 97.6 Å². The molecule has 0 bridgehead atoms. The van der Waals surface area contributed by atoms with Crippen molar-refractivity contribution in [1.29, 1.82) is 0 Å². The van der Waals surface area contributed by atoms with Gasteiger partial charge in [-0.15, -0.1) is 0 Å². The normalized spacial score (nSPS) is 25.2. The third-order valence-electron chi connectivity index (χ3n) is 3.30. The molecule has 0 aromatic carbocycles. The van der Waals surface area contributed by atoms with Gasteiger partial charge in [-0.05, 0) is 39.8 Å². The number of carboxylic acid groups (broad SMARTS) is 1. The van der Waals surface area contributed by atoms with Crippen LogP contribution in [0.1, 0.15) is 39.0 Å². The Morgan fingerprint density at radius 1 is 1.44 bits per heavy atom. The number of unbranched alkanes of at least 4 members (excludes halogenated alkanes) is 2. The molecule has 1 aliphatic heterocycles. The molecule has 94 valence electrons. The Kier molecular flexibility index (Phi) is 5.77. The van der Waals surface area contributed by atoms with Gasteiger partial charge in [-0.3, -0.25) is 4.79 Å². The van der Waals surface area contributed by atoms with Crippen molar-refractivity contribution in [2.75, 3.05) is 20.2 Å². The van der Waals surface area contributed by atoms with Crippen molar-refractivity contribution < 1.29 is 14.6 Å².